The van der Waals surface area contributed by atoms with Gasteiger partial charge in [0, 0.05) is 22.0 Å². The number of nitrogens with zero attached hydrogens (tertiary/aromatic N) is 3. The SMILES string of the molecule is COc1cccc(CSc2nnc(-c3cccc(Cl)c3)n2-c2ccc(C)cc2)c1. The van der Waals surface area contributed by atoms with Gasteiger partial charge >= 0.3 is 0 Å². The molecular formula is C23H20ClN3OS. The lowest BCUT2D eigenvalue weighted by Gasteiger charge is -2.11. The first-order chi connectivity index (χ1) is 14.1. The Labute approximate surface area is 179 Å². The Kier molecular flexibility index (Phi) is 5.88. The molecule has 0 bridgehead atoms. The zero-order valence-electron chi connectivity index (χ0n) is 16.2. The van der Waals surface area contributed by atoms with Crippen LogP contribution >= 0.6 is 23.4 Å². The molecule has 0 fully saturated rings. The lowest BCUT2D eigenvalue weighted by Crippen LogP contribution is -2.00. The largest absolute Gasteiger partial charge is 0.497 e. The Morgan fingerprint density at radius 1 is 0.966 bits per heavy atom. The van der Waals surface area contributed by atoms with Crippen molar-refractivity contribution >= 4 is 23.4 Å². The van der Waals surface area contributed by atoms with Gasteiger partial charge in [-0.3, -0.25) is 4.57 Å². The van der Waals surface area contributed by atoms with Gasteiger partial charge in [-0.2, -0.15) is 0 Å². The van der Waals surface area contributed by atoms with Crippen molar-refractivity contribution in [2.24, 2.45) is 0 Å². The number of methoxy groups -OCH3 is 1. The quantitative estimate of drug-likeness (QED) is 0.347. The molecule has 0 saturated carbocycles. The summed E-state index contributed by atoms with van der Waals surface area (Å²) >= 11 is 7.85. The summed E-state index contributed by atoms with van der Waals surface area (Å²) in [5.74, 6) is 2.38. The molecule has 0 radical (unpaired) electrons. The molecule has 0 saturated heterocycles. The van der Waals surface area contributed by atoms with Crippen molar-refractivity contribution in [3.63, 3.8) is 0 Å². The van der Waals surface area contributed by atoms with Crippen molar-refractivity contribution in [1.29, 1.82) is 0 Å². The van der Waals surface area contributed by atoms with Crippen LogP contribution in [0.15, 0.2) is 78.0 Å². The van der Waals surface area contributed by atoms with Crippen LogP contribution < -0.4 is 4.74 Å². The highest BCUT2D eigenvalue weighted by Crippen LogP contribution is 2.31. The van der Waals surface area contributed by atoms with Crippen LogP contribution in [0.4, 0.5) is 0 Å². The van der Waals surface area contributed by atoms with Crippen LogP contribution in [0.2, 0.25) is 5.02 Å². The monoisotopic (exact) mass is 421 g/mol. The average molecular weight is 422 g/mol. The van der Waals surface area contributed by atoms with Crippen molar-refractivity contribution in [3.8, 4) is 22.8 Å². The van der Waals surface area contributed by atoms with E-state index in [1.165, 1.54) is 5.56 Å². The minimum absolute atomic E-state index is 0.673. The molecule has 6 heteroatoms. The molecule has 29 heavy (non-hydrogen) atoms. The molecule has 0 aliphatic carbocycles. The van der Waals surface area contributed by atoms with Gasteiger partial charge in [-0.15, -0.1) is 10.2 Å². The predicted molar refractivity (Wildman–Crippen MR) is 119 cm³/mol. The van der Waals surface area contributed by atoms with E-state index in [4.69, 9.17) is 16.3 Å². The number of halogens is 1. The van der Waals surface area contributed by atoms with Crippen molar-refractivity contribution in [2.75, 3.05) is 7.11 Å². The molecule has 0 aliphatic heterocycles. The van der Waals surface area contributed by atoms with Crippen LogP contribution in [-0.2, 0) is 5.75 Å². The second kappa shape index (κ2) is 8.72. The lowest BCUT2D eigenvalue weighted by atomic mass is 10.2. The summed E-state index contributed by atoms with van der Waals surface area (Å²) in [7, 11) is 1.68. The van der Waals surface area contributed by atoms with Crippen LogP contribution in [0.5, 0.6) is 5.75 Å². The average Bonchev–Trinajstić information content (AvgIpc) is 3.17. The maximum atomic E-state index is 6.22. The Hall–Kier alpha value is -2.76. The number of hydrogen-bond acceptors (Lipinski definition) is 4. The minimum atomic E-state index is 0.673. The third-order valence-electron chi connectivity index (χ3n) is 4.51. The third-order valence-corrected chi connectivity index (χ3v) is 5.75. The summed E-state index contributed by atoms with van der Waals surface area (Å²) in [4.78, 5) is 0. The Balaban J connectivity index is 1.72. The first-order valence-corrected chi connectivity index (χ1v) is 10.5. The molecular weight excluding hydrogens is 402 g/mol. The topological polar surface area (TPSA) is 39.9 Å². The Bertz CT molecular complexity index is 1130. The Morgan fingerprint density at radius 2 is 1.76 bits per heavy atom. The zero-order chi connectivity index (χ0) is 20.2. The molecule has 0 amide bonds. The molecule has 0 spiro atoms. The van der Waals surface area contributed by atoms with E-state index in [0.717, 1.165) is 39.3 Å². The molecule has 4 aromatic rings. The number of benzene rings is 3. The number of thioether (sulfide) groups is 1. The number of rotatable bonds is 6. The second-order valence-electron chi connectivity index (χ2n) is 6.63. The molecule has 0 N–H and O–H groups in total. The molecule has 0 atom stereocenters. The molecule has 146 valence electrons. The van der Waals surface area contributed by atoms with E-state index >= 15 is 0 Å². The summed E-state index contributed by atoms with van der Waals surface area (Å²) in [6.45, 7) is 2.08. The molecule has 1 aromatic heterocycles. The van der Waals surface area contributed by atoms with Crippen LogP contribution in [0.1, 0.15) is 11.1 Å². The van der Waals surface area contributed by atoms with Crippen LogP contribution in [0, 0.1) is 6.92 Å². The van der Waals surface area contributed by atoms with E-state index in [1.54, 1.807) is 18.9 Å². The standard InChI is InChI=1S/C23H20ClN3OS/c1-16-9-11-20(12-10-16)27-22(18-6-4-7-19(24)14-18)25-26-23(27)29-15-17-5-3-8-21(13-17)28-2/h3-14H,15H2,1-2H3. The fourth-order valence-corrected chi connectivity index (χ4v) is 4.10. The number of hydrogen-bond donors (Lipinski definition) is 0. The van der Waals surface area contributed by atoms with Crippen LogP contribution in [-0.4, -0.2) is 21.9 Å². The molecule has 0 unspecified atom stereocenters. The molecule has 4 rings (SSSR count). The van der Waals surface area contributed by atoms with E-state index in [0.29, 0.717) is 5.02 Å². The van der Waals surface area contributed by atoms with Gasteiger partial charge in [0.15, 0.2) is 11.0 Å². The van der Waals surface area contributed by atoms with E-state index < -0.39 is 0 Å². The smallest absolute Gasteiger partial charge is 0.196 e. The minimum Gasteiger partial charge on any atom is -0.497 e. The molecule has 4 nitrogen and oxygen atoms in total. The number of ether oxygens (including phenoxy) is 1. The lowest BCUT2D eigenvalue weighted by molar-refractivity contribution is 0.414. The Morgan fingerprint density at radius 3 is 2.52 bits per heavy atom. The van der Waals surface area contributed by atoms with Gasteiger partial charge in [-0.25, -0.2) is 0 Å². The highest BCUT2D eigenvalue weighted by atomic mass is 35.5. The summed E-state index contributed by atoms with van der Waals surface area (Å²) in [5.41, 5.74) is 4.32. The van der Waals surface area contributed by atoms with Gasteiger partial charge in [0.2, 0.25) is 0 Å². The molecule has 1 heterocycles. The predicted octanol–water partition coefficient (Wildman–Crippen LogP) is 6.20. The van der Waals surface area contributed by atoms with Gasteiger partial charge in [0.1, 0.15) is 5.75 Å². The summed E-state index contributed by atoms with van der Waals surface area (Å²) < 4.78 is 7.41. The summed E-state index contributed by atoms with van der Waals surface area (Å²) in [6, 6.07) is 24.1. The fraction of sp³-hybridized carbons (Fsp3) is 0.130. The zero-order valence-corrected chi connectivity index (χ0v) is 17.7. The van der Waals surface area contributed by atoms with Crippen LogP contribution in [0.25, 0.3) is 17.1 Å². The van der Waals surface area contributed by atoms with Gasteiger partial charge in [-0.05, 0) is 48.9 Å². The van der Waals surface area contributed by atoms with Gasteiger partial charge in [0.25, 0.3) is 0 Å². The number of aryl methyl sites for hydroxylation is 1. The normalized spacial score (nSPS) is 10.9. The van der Waals surface area contributed by atoms with Crippen molar-refractivity contribution in [2.45, 2.75) is 17.8 Å². The van der Waals surface area contributed by atoms with Crippen molar-refractivity contribution < 1.29 is 4.74 Å². The first kappa shape index (κ1) is 19.6. The van der Waals surface area contributed by atoms with Gasteiger partial charge in [0.05, 0.1) is 7.11 Å². The maximum Gasteiger partial charge on any atom is 0.196 e. The highest BCUT2D eigenvalue weighted by Gasteiger charge is 2.16. The summed E-state index contributed by atoms with van der Waals surface area (Å²) in [5, 5.41) is 10.5. The van der Waals surface area contributed by atoms with E-state index in [2.05, 4.69) is 52.0 Å². The fourth-order valence-electron chi connectivity index (χ4n) is 3.01. The van der Waals surface area contributed by atoms with E-state index in [1.807, 2.05) is 42.5 Å². The maximum absolute atomic E-state index is 6.22. The van der Waals surface area contributed by atoms with Crippen LogP contribution in [0.3, 0.4) is 0 Å². The molecule has 3 aromatic carbocycles. The second-order valence-corrected chi connectivity index (χ2v) is 8.01. The van der Waals surface area contributed by atoms with E-state index in [-0.39, 0.29) is 0 Å². The summed E-state index contributed by atoms with van der Waals surface area (Å²) in [6.07, 6.45) is 0. The van der Waals surface area contributed by atoms with Gasteiger partial charge < -0.3 is 4.74 Å². The number of aromatic nitrogens is 3. The first-order valence-electron chi connectivity index (χ1n) is 9.18. The van der Waals surface area contributed by atoms with Gasteiger partial charge in [-0.1, -0.05) is 65.3 Å². The van der Waals surface area contributed by atoms with Crippen molar-refractivity contribution in [1.82, 2.24) is 14.8 Å². The van der Waals surface area contributed by atoms with E-state index in [9.17, 15) is 0 Å². The third kappa shape index (κ3) is 4.47. The molecule has 0 aliphatic rings. The van der Waals surface area contributed by atoms with Crippen molar-refractivity contribution in [3.05, 3.63) is 88.9 Å². The highest BCUT2D eigenvalue weighted by molar-refractivity contribution is 7.98.